The van der Waals surface area contributed by atoms with E-state index in [9.17, 15) is 0 Å². The number of halogens is 1. The Bertz CT molecular complexity index is 1260. The lowest BCUT2D eigenvalue weighted by atomic mass is 9.98. The third kappa shape index (κ3) is 4.15. The van der Waals surface area contributed by atoms with E-state index in [4.69, 9.17) is 0 Å². The molecule has 0 aliphatic rings. The molecule has 5 rings (SSSR count). The Morgan fingerprint density at radius 3 is 2.52 bits per heavy atom. The van der Waals surface area contributed by atoms with E-state index in [0.717, 1.165) is 26.8 Å². The van der Waals surface area contributed by atoms with Crippen molar-refractivity contribution in [1.82, 2.24) is 30.9 Å². The Morgan fingerprint density at radius 1 is 0.903 bits per heavy atom. The fourth-order valence-electron chi connectivity index (χ4n) is 3.86. The summed E-state index contributed by atoms with van der Waals surface area (Å²) in [6.07, 6.45) is 0. The van der Waals surface area contributed by atoms with E-state index >= 15 is 0 Å². The summed E-state index contributed by atoms with van der Waals surface area (Å²) in [6.45, 7) is 2.18. The standard InChI is InChI=1S/C24H21BrN6/c1-15(16-9-11-20(25)12-10-16)26-23(22-14-17-5-2-3-8-21(17)27-22)18-6-4-7-19(13-18)24-28-30-31-29-24/h2-15,23,26-27H,1H3,(H,28,29,30,31). The number of hydrogen-bond acceptors (Lipinski definition) is 4. The van der Waals surface area contributed by atoms with E-state index in [1.165, 1.54) is 10.9 Å². The molecular formula is C24H21BrN6. The second-order valence-corrected chi connectivity index (χ2v) is 8.46. The van der Waals surface area contributed by atoms with Gasteiger partial charge in [-0.2, -0.15) is 5.21 Å². The zero-order chi connectivity index (χ0) is 21.2. The maximum absolute atomic E-state index is 4.13. The Morgan fingerprint density at radius 2 is 1.74 bits per heavy atom. The number of H-pyrrole nitrogens is 2. The van der Waals surface area contributed by atoms with Crippen molar-refractivity contribution in [3.8, 4) is 11.4 Å². The first-order chi connectivity index (χ1) is 15.2. The van der Waals surface area contributed by atoms with E-state index in [1.807, 2.05) is 18.2 Å². The van der Waals surface area contributed by atoms with Crippen molar-refractivity contribution in [2.24, 2.45) is 0 Å². The van der Waals surface area contributed by atoms with Crippen LogP contribution in [0, 0.1) is 0 Å². The molecular weight excluding hydrogens is 452 g/mol. The molecule has 0 radical (unpaired) electrons. The second-order valence-electron chi connectivity index (χ2n) is 7.55. The minimum absolute atomic E-state index is 0.0436. The van der Waals surface area contributed by atoms with Crippen LogP contribution in [0.3, 0.4) is 0 Å². The molecule has 0 saturated carbocycles. The van der Waals surface area contributed by atoms with E-state index in [0.29, 0.717) is 5.82 Å². The largest absolute Gasteiger partial charge is 0.357 e. The minimum Gasteiger partial charge on any atom is -0.357 e. The third-order valence-corrected chi connectivity index (χ3v) is 6.00. The van der Waals surface area contributed by atoms with Crippen LogP contribution in [0.25, 0.3) is 22.3 Å². The summed E-state index contributed by atoms with van der Waals surface area (Å²) in [5, 5.41) is 19.5. The fraction of sp³-hybridized carbons (Fsp3) is 0.125. The van der Waals surface area contributed by atoms with Crippen molar-refractivity contribution in [1.29, 1.82) is 0 Å². The number of rotatable bonds is 6. The average Bonchev–Trinajstić information content (AvgIpc) is 3.48. The van der Waals surface area contributed by atoms with Crippen LogP contribution in [-0.2, 0) is 0 Å². The molecule has 154 valence electrons. The zero-order valence-corrected chi connectivity index (χ0v) is 18.5. The van der Waals surface area contributed by atoms with Crippen molar-refractivity contribution in [2.75, 3.05) is 0 Å². The van der Waals surface area contributed by atoms with E-state index in [1.54, 1.807) is 0 Å². The molecule has 0 bridgehead atoms. The molecule has 2 unspecified atom stereocenters. The number of hydrogen-bond donors (Lipinski definition) is 3. The summed E-state index contributed by atoms with van der Waals surface area (Å²) < 4.78 is 1.07. The van der Waals surface area contributed by atoms with Gasteiger partial charge in [0, 0.05) is 27.3 Å². The molecule has 0 aliphatic heterocycles. The second kappa shape index (κ2) is 8.45. The number of nitrogens with zero attached hydrogens (tertiary/aromatic N) is 3. The first kappa shape index (κ1) is 19.7. The number of para-hydroxylation sites is 1. The molecule has 7 heteroatoms. The van der Waals surface area contributed by atoms with Crippen LogP contribution in [0.5, 0.6) is 0 Å². The van der Waals surface area contributed by atoms with Gasteiger partial charge in [-0.05, 0) is 59.0 Å². The smallest absolute Gasteiger partial charge is 0.204 e. The maximum Gasteiger partial charge on any atom is 0.204 e. The lowest BCUT2D eigenvalue weighted by Crippen LogP contribution is -2.26. The van der Waals surface area contributed by atoms with Crippen LogP contribution < -0.4 is 5.32 Å². The van der Waals surface area contributed by atoms with Gasteiger partial charge in [0.15, 0.2) is 0 Å². The number of tetrazole rings is 1. The van der Waals surface area contributed by atoms with Crippen LogP contribution in [0.4, 0.5) is 0 Å². The molecule has 0 saturated heterocycles. The monoisotopic (exact) mass is 472 g/mol. The molecule has 0 spiro atoms. The summed E-state index contributed by atoms with van der Waals surface area (Å²) in [5.41, 5.74) is 5.49. The number of benzene rings is 3. The predicted molar refractivity (Wildman–Crippen MR) is 125 cm³/mol. The van der Waals surface area contributed by atoms with Crippen LogP contribution in [0.1, 0.15) is 35.8 Å². The summed E-state index contributed by atoms with van der Waals surface area (Å²) in [4.78, 5) is 3.59. The van der Waals surface area contributed by atoms with Gasteiger partial charge in [0.1, 0.15) is 0 Å². The third-order valence-electron chi connectivity index (χ3n) is 5.47. The molecule has 2 aromatic heterocycles. The van der Waals surface area contributed by atoms with E-state index < -0.39 is 0 Å². The van der Waals surface area contributed by atoms with Gasteiger partial charge in [-0.15, -0.1) is 10.2 Å². The highest BCUT2D eigenvalue weighted by molar-refractivity contribution is 9.10. The van der Waals surface area contributed by atoms with Crippen molar-refractivity contribution >= 4 is 26.8 Å². The highest BCUT2D eigenvalue weighted by Crippen LogP contribution is 2.30. The minimum atomic E-state index is -0.0436. The summed E-state index contributed by atoms with van der Waals surface area (Å²) in [6, 6.07) is 27.3. The highest BCUT2D eigenvalue weighted by atomic mass is 79.9. The van der Waals surface area contributed by atoms with Crippen molar-refractivity contribution in [3.05, 3.63) is 100 Å². The number of fused-ring (bicyclic) bond motifs is 1. The molecule has 5 aromatic rings. The quantitative estimate of drug-likeness (QED) is 0.302. The van der Waals surface area contributed by atoms with Crippen LogP contribution in [0.2, 0.25) is 0 Å². The van der Waals surface area contributed by atoms with Crippen LogP contribution in [0.15, 0.2) is 83.3 Å². The average molecular weight is 473 g/mol. The Hall–Kier alpha value is -3.29. The summed E-state index contributed by atoms with van der Waals surface area (Å²) in [5.74, 6) is 0.582. The van der Waals surface area contributed by atoms with Gasteiger partial charge in [-0.25, -0.2) is 0 Å². The Balaban J connectivity index is 1.55. The molecule has 0 fully saturated rings. The van der Waals surface area contributed by atoms with Gasteiger partial charge in [-0.1, -0.05) is 64.5 Å². The molecule has 0 amide bonds. The Kier molecular flexibility index (Phi) is 5.36. The van der Waals surface area contributed by atoms with Gasteiger partial charge in [0.25, 0.3) is 0 Å². The predicted octanol–water partition coefficient (Wildman–Crippen LogP) is 5.55. The molecule has 0 aliphatic carbocycles. The van der Waals surface area contributed by atoms with Gasteiger partial charge in [0.2, 0.25) is 5.82 Å². The molecule has 6 nitrogen and oxygen atoms in total. The SMILES string of the molecule is CC(NC(c1cccc(-c2nn[nH]n2)c1)c1cc2ccccc2[nH]1)c1ccc(Br)cc1. The van der Waals surface area contributed by atoms with Gasteiger partial charge >= 0.3 is 0 Å². The normalized spacial score (nSPS) is 13.4. The summed E-state index contributed by atoms with van der Waals surface area (Å²) in [7, 11) is 0. The van der Waals surface area contributed by atoms with E-state index in [-0.39, 0.29) is 12.1 Å². The van der Waals surface area contributed by atoms with Crippen LogP contribution >= 0.6 is 15.9 Å². The molecule has 31 heavy (non-hydrogen) atoms. The topological polar surface area (TPSA) is 82.3 Å². The van der Waals surface area contributed by atoms with Crippen molar-refractivity contribution in [3.63, 3.8) is 0 Å². The van der Waals surface area contributed by atoms with Gasteiger partial charge < -0.3 is 4.98 Å². The number of aromatic nitrogens is 5. The lowest BCUT2D eigenvalue weighted by Gasteiger charge is -2.24. The molecule has 3 aromatic carbocycles. The molecule has 3 N–H and O–H groups in total. The number of aromatic amines is 2. The number of nitrogens with one attached hydrogen (secondary N) is 3. The van der Waals surface area contributed by atoms with Gasteiger partial charge in [0.05, 0.1) is 6.04 Å². The van der Waals surface area contributed by atoms with E-state index in [2.05, 4.69) is 114 Å². The van der Waals surface area contributed by atoms with Crippen molar-refractivity contribution in [2.45, 2.75) is 19.0 Å². The van der Waals surface area contributed by atoms with Crippen molar-refractivity contribution < 1.29 is 0 Å². The fourth-order valence-corrected chi connectivity index (χ4v) is 4.12. The molecule has 2 heterocycles. The summed E-state index contributed by atoms with van der Waals surface area (Å²) >= 11 is 3.52. The first-order valence-electron chi connectivity index (χ1n) is 10.1. The van der Waals surface area contributed by atoms with Crippen LogP contribution in [-0.4, -0.2) is 25.6 Å². The highest BCUT2D eigenvalue weighted by Gasteiger charge is 2.20. The first-order valence-corrected chi connectivity index (χ1v) is 10.9. The lowest BCUT2D eigenvalue weighted by molar-refractivity contribution is 0.510. The zero-order valence-electron chi connectivity index (χ0n) is 16.9. The van der Waals surface area contributed by atoms with Gasteiger partial charge in [-0.3, -0.25) is 5.32 Å². The molecule has 2 atom stereocenters. The Labute approximate surface area is 188 Å². The maximum atomic E-state index is 4.13.